The van der Waals surface area contributed by atoms with Crippen molar-refractivity contribution in [3.63, 3.8) is 0 Å². The minimum atomic E-state index is -1.17. The molecule has 1 aliphatic heterocycles. The molecule has 0 bridgehead atoms. The summed E-state index contributed by atoms with van der Waals surface area (Å²) in [6.45, 7) is 3.89. The monoisotopic (exact) mass is 354 g/mol. The fraction of sp³-hybridized carbons (Fsp3) is 0.381. The van der Waals surface area contributed by atoms with Crippen molar-refractivity contribution in [2.24, 2.45) is 0 Å². The number of ether oxygens (including phenoxy) is 2. The molecule has 5 heteroatoms. The molecule has 2 aromatic rings. The van der Waals surface area contributed by atoms with Crippen LogP contribution in [0.5, 0.6) is 11.5 Å². The maximum Gasteiger partial charge on any atom is 0.178 e. The third-order valence-electron chi connectivity index (χ3n) is 4.97. The minimum Gasteiger partial charge on any atom is -0.496 e. The molecule has 1 aromatic carbocycles. The first kappa shape index (κ1) is 18.3. The van der Waals surface area contributed by atoms with E-state index in [1.807, 2.05) is 37.5 Å². The van der Waals surface area contributed by atoms with E-state index in [1.165, 1.54) is 0 Å². The number of fused-ring (bicyclic) bond motifs is 1. The first-order valence-electron chi connectivity index (χ1n) is 8.82. The summed E-state index contributed by atoms with van der Waals surface area (Å²) in [5, 5.41) is 10.9. The van der Waals surface area contributed by atoms with Crippen LogP contribution >= 0.6 is 0 Å². The van der Waals surface area contributed by atoms with E-state index in [9.17, 15) is 5.11 Å². The van der Waals surface area contributed by atoms with Gasteiger partial charge in [-0.2, -0.15) is 0 Å². The van der Waals surface area contributed by atoms with Crippen LogP contribution < -0.4 is 9.47 Å². The fourth-order valence-electron chi connectivity index (χ4n) is 3.41. The average molecular weight is 354 g/mol. The van der Waals surface area contributed by atoms with Crippen LogP contribution in [0.1, 0.15) is 42.7 Å². The molecule has 1 aliphatic rings. The van der Waals surface area contributed by atoms with E-state index in [2.05, 4.69) is 11.9 Å². The van der Waals surface area contributed by atoms with Crippen LogP contribution in [0.3, 0.4) is 0 Å². The number of rotatable bonds is 5. The van der Waals surface area contributed by atoms with Crippen molar-refractivity contribution in [3.05, 3.63) is 59.0 Å². The Morgan fingerprint density at radius 2 is 1.88 bits per heavy atom. The van der Waals surface area contributed by atoms with E-state index in [-0.39, 0.29) is 0 Å². The topological polar surface area (TPSA) is 54.8 Å². The van der Waals surface area contributed by atoms with Crippen molar-refractivity contribution in [1.29, 1.82) is 0 Å². The van der Waals surface area contributed by atoms with Gasteiger partial charge in [0.05, 0.1) is 14.2 Å². The maximum atomic E-state index is 10.9. The van der Waals surface area contributed by atoms with E-state index in [0.29, 0.717) is 5.69 Å². The van der Waals surface area contributed by atoms with Gasteiger partial charge in [0.1, 0.15) is 17.2 Å². The summed E-state index contributed by atoms with van der Waals surface area (Å²) < 4.78 is 11.3. The Morgan fingerprint density at radius 3 is 2.54 bits per heavy atom. The van der Waals surface area contributed by atoms with Crippen LogP contribution in [0, 0.1) is 0 Å². The Balaban J connectivity index is 2.23. The van der Waals surface area contributed by atoms with Gasteiger partial charge in [-0.25, -0.2) is 0 Å². The van der Waals surface area contributed by atoms with E-state index in [0.717, 1.165) is 46.6 Å². The zero-order valence-corrected chi connectivity index (χ0v) is 16.0. The molecule has 1 aromatic heterocycles. The Bertz CT molecular complexity index is 843. The molecule has 0 spiro atoms. The molecule has 2 heterocycles. The van der Waals surface area contributed by atoms with Gasteiger partial charge in [-0.3, -0.25) is 4.98 Å². The molecule has 3 rings (SSSR count). The number of nitrogens with zero attached hydrogens (tertiary/aromatic N) is 2. The lowest BCUT2D eigenvalue weighted by molar-refractivity contribution is -0.0652. The predicted molar refractivity (Wildman–Crippen MR) is 102 cm³/mol. The molecular weight excluding hydrogens is 328 g/mol. The molecule has 1 atom stereocenters. The van der Waals surface area contributed by atoms with Crippen LogP contribution in [0.4, 0.5) is 0 Å². The van der Waals surface area contributed by atoms with Gasteiger partial charge in [0.15, 0.2) is 5.72 Å². The van der Waals surface area contributed by atoms with Crippen LogP contribution in [0.15, 0.2) is 36.7 Å². The zero-order chi connectivity index (χ0) is 18.9. The van der Waals surface area contributed by atoms with Crippen molar-refractivity contribution in [2.45, 2.75) is 32.4 Å². The molecule has 0 aliphatic carbocycles. The SMILES string of the molecule is CCCc1cc(OC)c(C2=CN(C)C(C)(O)c3ncccc32)cc1OC. The average Bonchev–Trinajstić information content (AvgIpc) is 2.65. The number of pyridine rings is 1. The van der Waals surface area contributed by atoms with Crippen LogP contribution in [0.25, 0.3) is 5.57 Å². The molecule has 0 saturated heterocycles. The molecule has 0 saturated carbocycles. The molecule has 5 nitrogen and oxygen atoms in total. The van der Waals surface area contributed by atoms with Crippen molar-refractivity contribution in [3.8, 4) is 11.5 Å². The Kier molecular flexibility index (Phi) is 4.92. The van der Waals surface area contributed by atoms with Gasteiger partial charge in [0.2, 0.25) is 0 Å². The lowest BCUT2D eigenvalue weighted by atomic mass is 9.88. The fourth-order valence-corrected chi connectivity index (χ4v) is 3.41. The summed E-state index contributed by atoms with van der Waals surface area (Å²) in [7, 11) is 5.20. The summed E-state index contributed by atoms with van der Waals surface area (Å²) in [6.07, 6.45) is 5.58. The van der Waals surface area contributed by atoms with Crippen molar-refractivity contribution >= 4 is 5.57 Å². The van der Waals surface area contributed by atoms with Crippen LogP contribution in [-0.4, -0.2) is 36.3 Å². The van der Waals surface area contributed by atoms with E-state index in [1.54, 1.807) is 32.2 Å². The molecule has 138 valence electrons. The van der Waals surface area contributed by atoms with Gasteiger partial charge in [-0.15, -0.1) is 0 Å². The highest BCUT2D eigenvalue weighted by molar-refractivity contribution is 5.85. The predicted octanol–water partition coefficient (Wildman–Crippen LogP) is 3.55. The van der Waals surface area contributed by atoms with Crippen LogP contribution in [-0.2, 0) is 12.1 Å². The zero-order valence-electron chi connectivity index (χ0n) is 16.0. The second-order valence-corrected chi connectivity index (χ2v) is 6.69. The molecular formula is C21H26N2O3. The molecule has 0 amide bonds. The molecule has 1 N–H and O–H groups in total. The molecule has 0 radical (unpaired) electrons. The van der Waals surface area contributed by atoms with Crippen molar-refractivity contribution in [2.75, 3.05) is 21.3 Å². The largest absolute Gasteiger partial charge is 0.496 e. The van der Waals surface area contributed by atoms with E-state index < -0.39 is 5.72 Å². The van der Waals surface area contributed by atoms with Crippen molar-refractivity contribution < 1.29 is 14.6 Å². The van der Waals surface area contributed by atoms with E-state index >= 15 is 0 Å². The molecule has 0 fully saturated rings. The quantitative estimate of drug-likeness (QED) is 0.890. The summed E-state index contributed by atoms with van der Waals surface area (Å²) >= 11 is 0. The summed E-state index contributed by atoms with van der Waals surface area (Å²) in [5.41, 5.74) is 3.33. The summed E-state index contributed by atoms with van der Waals surface area (Å²) in [5.74, 6) is 1.62. The number of methoxy groups -OCH3 is 2. The number of aryl methyl sites for hydroxylation is 1. The highest BCUT2D eigenvalue weighted by Crippen LogP contribution is 2.42. The third kappa shape index (κ3) is 2.92. The number of benzene rings is 1. The van der Waals surface area contributed by atoms with Gasteiger partial charge in [0, 0.05) is 36.1 Å². The Hall–Kier alpha value is -2.53. The normalized spacial score (nSPS) is 19.0. The minimum absolute atomic E-state index is 0.624. The second kappa shape index (κ2) is 7.00. The smallest absolute Gasteiger partial charge is 0.178 e. The van der Waals surface area contributed by atoms with Crippen molar-refractivity contribution in [1.82, 2.24) is 9.88 Å². The Labute approximate surface area is 154 Å². The number of hydrogen-bond donors (Lipinski definition) is 1. The third-order valence-corrected chi connectivity index (χ3v) is 4.97. The lowest BCUT2D eigenvalue weighted by Crippen LogP contribution is -2.41. The number of aromatic nitrogens is 1. The van der Waals surface area contributed by atoms with Gasteiger partial charge < -0.3 is 19.5 Å². The van der Waals surface area contributed by atoms with Gasteiger partial charge in [-0.05, 0) is 37.1 Å². The highest BCUT2D eigenvalue weighted by Gasteiger charge is 2.36. The van der Waals surface area contributed by atoms with Gasteiger partial charge in [-0.1, -0.05) is 19.4 Å². The summed E-state index contributed by atoms with van der Waals surface area (Å²) in [6, 6.07) is 7.91. The van der Waals surface area contributed by atoms with Gasteiger partial charge in [0.25, 0.3) is 0 Å². The first-order chi connectivity index (χ1) is 12.4. The number of hydrogen-bond acceptors (Lipinski definition) is 5. The van der Waals surface area contributed by atoms with Gasteiger partial charge >= 0.3 is 0 Å². The van der Waals surface area contributed by atoms with Crippen LogP contribution in [0.2, 0.25) is 0 Å². The Morgan fingerprint density at radius 1 is 1.15 bits per heavy atom. The number of aliphatic hydroxyl groups is 1. The summed E-state index contributed by atoms with van der Waals surface area (Å²) in [4.78, 5) is 6.21. The standard InChI is InChI=1S/C21H26N2O3/c1-6-8-14-11-19(26-5)16(12-18(14)25-4)17-13-23(3)21(2,24)20-15(17)9-7-10-22-20/h7,9-13,24H,6,8H2,1-5H3. The second-order valence-electron chi connectivity index (χ2n) is 6.69. The van der Waals surface area contributed by atoms with E-state index in [4.69, 9.17) is 9.47 Å². The maximum absolute atomic E-state index is 10.9. The molecule has 26 heavy (non-hydrogen) atoms. The lowest BCUT2D eigenvalue weighted by Gasteiger charge is -2.38. The molecule has 1 unspecified atom stereocenters. The highest BCUT2D eigenvalue weighted by atomic mass is 16.5. The first-order valence-corrected chi connectivity index (χ1v) is 8.82.